The van der Waals surface area contributed by atoms with Crippen LogP contribution in [0.2, 0.25) is 0 Å². The van der Waals surface area contributed by atoms with Crippen molar-refractivity contribution in [2.75, 3.05) is 33.3 Å². The molecule has 2 fully saturated rings. The molecule has 2 aliphatic rings. The number of rotatable bonds is 5. The van der Waals surface area contributed by atoms with Gasteiger partial charge in [0.15, 0.2) is 0 Å². The van der Waals surface area contributed by atoms with Gasteiger partial charge in [0, 0.05) is 49.6 Å². The van der Waals surface area contributed by atoms with Crippen LogP contribution in [0.5, 0.6) is 5.75 Å². The number of benzene rings is 1. The Bertz CT molecular complexity index is 731. The highest BCUT2D eigenvalue weighted by atomic mass is 32.1. The van der Waals surface area contributed by atoms with Gasteiger partial charge in [-0.25, -0.2) is 4.98 Å². The van der Waals surface area contributed by atoms with E-state index in [1.807, 2.05) is 29.2 Å². The lowest BCUT2D eigenvalue weighted by Gasteiger charge is -2.34. The first-order valence-electron chi connectivity index (χ1n) is 8.83. The zero-order valence-electron chi connectivity index (χ0n) is 14.5. The molecule has 1 aromatic carbocycles. The third-order valence-electron chi connectivity index (χ3n) is 4.88. The van der Waals surface area contributed by atoms with E-state index in [0.29, 0.717) is 11.8 Å². The average Bonchev–Trinajstić information content (AvgIpc) is 3.41. The molecule has 1 saturated heterocycles. The summed E-state index contributed by atoms with van der Waals surface area (Å²) < 4.78 is 5.20. The van der Waals surface area contributed by atoms with Crippen molar-refractivity contribution in [1.29, 1.82) is 0 Å². The Morgan fingerprint density at radius 2 is 1.92 bits per heavy atom. The van der Waals surface area contributed by atoms with Crippen LogP contribution >= 0.6 is 11.3 Å². The van der Waals surface area contributed by atoms with Gasteiger partial charge in [0.25, 0.3) is 0 Å². The van der Waals surface area contributed by atoms with E-state index in [9.17, 15) is 4.79 Å². The molecule has 2 heterocycles. The van der Waals surface area contributed by atoms with E-state index in [0.717, 1.165) is 67.6 Å². The number of piperazine rings is 1. The van der Waals surface area contributed by atoms with Crippen molar-refractivity contribution in [3.05, 3.63) is 35.3 Å². The lowest BCUT2D eigenvalue weighted by atomic mass is 10.2. The van der Waals surface area contributed by atoms with Crippen molar-refractivity contribution in [3.8, 4) is 16.3 Å². The van der Waals surface area contributed by atoms with Gasteiger partial charge >= 0.3 is 0 Å². The zero-order chi connectivity index (χ0) is 17.2. The van der Waals surface area contributed by atoms with Crippen LogP contribution < -0.4 is 4.74 Å². The predicted molar refractivity (Wildman–Crippen MR) is 98.7 cm³/mol. The summed E-state index contributed by atoms with van der Waals surface area (Å²) >= 11 is 1.68. The number of carbonyl (C=O) groups excluding carboxylic acids is 1. The third kappa shape index (κ3) is 3.85. The van der Waals surface area contributed by atoms with Crippen LogP contribution in [0.4, 0.5) is 0 Å². The molecule has 0 bridgehead atoms. The highest BCUT2D eigenvalue weighted by molar-refractivity contribution is 7.13. The molecule has 0 N–H and O–H groups in total. The van der Waals surface area contributed by atoms with Crippen LogP contribution in [0, 0.1) is 5.92 Å². The van der Waals surface area contributed by atoms with Crippen molar-refractivity contribution < 1.29 is 9.53 Å². The van der Waals surface area contributed by atoms with Crippen LogP contribution in [0.15, 0.2) is 29.6 Å². The molecule has 0 spiro atoms. The van der Waals surface area contributed by atoms with Gasteiger partial charge in [-0.3, -0.25) is 9.69 Å². The summed E-state index contributed by atoms with van der Waals surface area (Å²) in [5.74, 6) is 1.56. The maximum absolute atomic E-state index is 12.1. The molecule has 1 aromatic heterocycles. The molecule has 25 heavy (non-hydrogen) atoms. The predicted octanol–water partition coefficient (Wildman–Crippen LogP) is 2.87. The van der Waals surface area contributed by atoms with Crippen molar-refractivity contribution in [2.45, 2.75) is 19.4 Å². The summed E-state index contributed by atoms with van der Waals surface area (Å²) in [6.07, 6.45) is 2.18. The molecule has 1 amide bonds. The Morgan fingerprint density at radius 3 is 2.56 bits per heavy atom. The van der Waals surface area contributed by atoms with Gasteiger partial charge in [-0.1, -0.05) is 0 Å². The fourth-order valence-electron chi connectivity index (χ4n) is 3.19. The maximum Gasteiger partial charge on any atom is 0.225 e. The molecule has 1 aliphatic heterocycles. The van der Waals surface area contributed by atoms with Crippen LogP contribution in [-0.2, 0) is 11.3 Å². The number of thiazole rings is 1. The van der Waals surface area contributed by atoms with E-state index in [2.05, 4.69) is 10.3 Å². The fourth-order valence-corrected chi connectivity index (χ4v) is 4.01. The Kier molecular flexibility index (Phi) is 4.72. The summed E-state index contributed by atoms with van der Waals surface area (Å²) in [6.45, 7) is 4.44. The van der Waals surface area contributed by atoms with E-state index in [4.69, 9.17) is 9.72 Å². The normalized spacial score (nSPS) is 18.4. The summed E-state index contributed by atoms with van der Waals surface area (Å²) in [6, 6.07) is 8.02. The van der Waals surface area contributed by atoms with Crippen molar-refractivity contribution in [2.24, 2.45) is 5.92 Å². The second kappa shape index (κ2) is 7.14. The average molecular weight is 357 g/mol. The molecule has 0 unspecified atom stereocenters. The molecule has 0 atom stereocenters. The molecule has 1 aliphatic carbocycles. The summed E-state index contributed by atoms with van der Waals surface area (Å²) in [5, 5.41) is 3.18. The van der Waals surface area contributed by atoms with E-state index in [1.165, 1.54) is 0 Å². The molecular weight excluding hydrogens is 334 g/mol. The van der Waals surface area contributed by atoms with Crippen LogP contribution in [0.1, 0.15) is 18.5 Å². The molecule has 6 heteroatoms. The molecular formula is C19H23N3O2S. The van der Waals surface area contributed by atoms with Gasteiger partial charge in [0.2, 0.25) is 5.91 Å². The number of amides is 1. The first kappa shape index (κ1) is 16.5. The Balaban J connectivity index is 1.33. The van der Waals surface area contributed by atoms with E-state index >= 15 is 0 Å². The highest BCUT2D eigenvalue weighted by Crippen LogP contribution is 2.31. The van der Waals surface area contributed by atoms with E-state index < -0.39 is 0 Å². The summed E-state index contributed by atoms with van der Waals surface area (Å²) in [5.41, 5.74) is 2.23. The van der Waals surface area contributed by atoms with E-state index in [1.54, 1.807) is 18.4 Å². The van der Waals surface area contributed by atoms with E-state index in [-0.39, 0.29) is 0 Å². The fraction of sp³-hybridized carbons (Fsp3) is 0.474. The Labute approximate surface area is 152 Å². The zero-order valence-corrected chi connectivity index (χ0v) is 15.3. The molecule has 132 valence electrons. The number of carbonyl (C=O) groups is 1. The van der Waals surface area contributed by atoms with Crippen LogP contribution in [0.25, 0.3) is 10.6 Å². The second-order valence-electron chi connectivity index (χ2n) is 6.75. The summed E-state index contributed by atoms with van der Waals surface area (Å²) in [7, 11) is 1.68. The maximum atomic E-state index is 12.1. The van der Waals surface area contributed by atoms with Crippen molar-refractivity contribution in [1.82, 2.24) is 14.8 Å². The molecule has 1 saturated carbocycles. The molecule has 4 rings (SSSR count). The van der Waals surface area contributed by atoms with Crippen LogP contribution in [-0.4, -0.2) is 54.0 Å². The van der Waals surface area contributed by atoms with Gasteiger partial charge in [-0.2, -0.15) is 0 Å². The summed E-state index contributed by atoms with van der Waals surface area (Å²) in [4.78, 5) is 21.3. The third-order valence-corrected chi connectivity index (χ3v) is 5.83. The van der Waals surface area contributed by atoms with Crippen molar-refractivity contribution >= 4 is 17.2 Å². The quantitative estimate of drug-likeness (QED) is 0.825. The lowest BCUT2D eigenvalue weighted by Crippen LogP contribution is -2.48. The molecule has 2 aromatic rings. The monoisotopic (exact) mass is 357 g/mol. The molecule has 5 nitrogen and oxygen atoms in total. The standard InChI is InChI=1S/C19H23N3O2S/c1-24-17-6-4-14(5-7-17)18-20-16(13-25-18)12-21-8-10-22(11-9-21)19(23)15-2-3-15/h4-7,13,15H,2-3,8-12H2,1H3. The minimum absolute atomic E-state index is 0.331. The number of ether oxygens (including phenoxy) is 1. The number of aromatic nitrogens is 1. The van der Waals surface area contributed by atoms with Crippen LogP contribution in [0.3, 0.4) is 0 Å². The topological polar surface area (TPSA) is 45.7 Å². The Morgan fingerprint density at radius 1 is 1.20 bits per heavy atom. The number of hydrogen-bond donors (Lipinski definition) is 0. The number of nitrogens with zero attached hydrogens (tertiary/aromatic N) is 3. The Hall–Kier alpha value is -1.92. The van der Waals surface area contributed by atoms with Gasteiger partial charge in [0.1, 0.15) is 10.8 Å². The lowest BCUT2D eigenvalue weighted by molar-refractivity contribution is -0.134. The SMILES string of the molecule is COc1ccc(-c2nc(CN3CCN(C(=O)C4CC4)CC3)cs2)cc1. The van der Waals surface area contributed by atoms with Crippen molar-refractivity contribution in [3.63, 3.8) is 0 Å². The smallest absolute Gasteiger partial charge is 0.225 e. The number of hydrogen-bond acceptors (Lipinski definition) is 5. The first-order chi connectivity index (χ1) is 12.2. The van der Waals surface area contributed by atoms with Gasteiger partial charge in [-0.15, -0.1) is 11.3 Å². The molecule has 0 radical (unpaired) electrons. The largest absolute Gasteiger partial charge is 0.497 e. The van der Waals surface area contributed by atoms with Gasteiger partial charge < -0.3 is 9.64 Å². The van der Waals surface area contributed by atoms with Gasteiger partial charge in [-0.05, 0) is 37.1 Å². The first-order valence-corrected chi connectivity index (χ1v) is 9.71. The minimum Gasteiger partial charge on any atom is -0.497 e. The minimum atomic E-state index is 0.331. The number of methoxy groups -OCH3 is 1. The highest BCUT2D eigenvalue weighted by Gasteiger charge is 2.34. The van der Waals surface area contributed by atoms with Gasteiger partial charge in [0.05, 0.1) is 12.8 Å². The second-order valence-corrected chi connectivity index (χ2v) is 7.61.